The summed E-state index contributed by atoms with van der Waals surface area (Å²) >= 11 is 1.30. The summed E-state index contributed by atoms with van der Waals surface area (Å²) in [5.41, 5.74) is 0.962. The smallest absolute Gasteiger partial charge is 0.268 e. The largest absolute Gasteiger partial charge is 0.333 e. The highest BCUT2D eigenvalue weighted by Crippen LogP contribution is 2.27. The van der Waals surface area contributed by atoms with Crippen LogP contribution < -0.4 is 0 Å². The van der Waals surface area contributed by atoms with Crippen molar-refractivity contribution in [2.24, 2.45) is 0 Å². The molecule has 0 fully saturated rings. The molecular formula is C12H7N5OS. The lowest BCUT2D eigenvalue weighted by Crippen LogP contribution is -1.90. The first-order valence-corrected chi connectivity index (χ1v) is 6.21. The quantitative estimate of drug-likeness (QED) is 0.709. The van der Waals surface area contributed by atoms with Gasteiger partial charge in [0, 0.05) is 12.4 Å². The molecule has 0 aliphatic carbocycles. The van der Waals surface area contributed by atoms with E-state index in [1.54, 1.807) is 24.5 Å². The topological polar surface area (TPSA) is 88.5 Å². The van der Waals surface area contributed by atoms with Gasteiger partial charge in [-0.1, -0.05) is 5.16 Å². The van der Waals surface area contributed by atoms with E-state index < -0.39 is 0 Å². The molecule has 0 saturated heterocycles. The first-order valence-electron chi connectivity index (χ1n) is 5.39. The molecule has 0 aliphatic heterocycles. The van der Waals surface area contributed by atoms with Crippen molar-refractivity contribution in [1.29, 1.82) is 5.26 Å². The fourth-order valence-corrected chi connectivity index (χ4v) is 2.16. The molecule has 3 rings (SSSR count). The highest BCUT2D eigenvalue weighted by atomic mass is 32.1. The lowest BCUT2D eigenvalue weighted by atomic mass is 10.4. The van der Waals surface area contributed by atoms with E-state index in [1.807, 2.05) is 6.92 Å². The number of aryl methyl sites for hydroxylation is 1. The lowest BCUT2D eigenvalue weighted by Gasteiger charge is -1.92. The zero-order chi connectivity index (χ0) is 13.2. The maximum absolute atomic E-state index is 8.78. The van der Waals surface area contributed by atoms with E-state index in [0.29, 0.717) is 22.4 Å². The van der Waals surface area contributed by atoms with Gasteiger partial charge in [-0.15, -0.1) is 11.3 Å². The average molecular weight is 269 g/mol. The van der Waals surface area contributed by atoms with Crippen molar-refractivity contribution in [3.63, 3.8) is 0 Å². The normalized spacial score (nSPS) is 10.3. The van der Waals surface area contributed by atoms with Crippen LogP contribution in [0.3, 0.4) is 0 Å². The third kappa shape index (κ3) is 2.21. The molecule has 6 nitrogen and oxygen atoms in total. The second kappa shape index (κ2) is 4.59. The predicted molar refractivity (Wildman–Crippen MR) is 68.1 cm³/mol. The first-order chi connectivity index (χ1) is 9.26. The number of nitriles is 1. The van der Waals surface area contributed by atoms with Crippen LogP contribution in [-0.2, 0) is 0 Å². The van der Waals surface area contributed by atoms with E-state index in [-0.39, 0.29) is 0 Å². The number of aromatic nitrogens is 4. The molecule has 19 heavy (non-hydrogen) atoms. The molecule has 0 unspecified atom stereocenters. The monoisotopic (exact) mass is 269 g/mol. The Hall–Kier alpha value is -2.59. The van der Waals surface area contributed by atoms with Gasteiger partial charge in [0.15, 0.2) is 0 Å². The van der Waals surface area contributed by atoms with E-state index in [0.717, 1.165) is 10.4 Å². The van der Waals surface area contributed by atoms with Crippen LogP contribution in [-0.4, -0.2) is 20.1 Å². The van der Waals surface area contributed by atoms with E-state index in [4.69, 9.17) is 9.78 Å². The van der Waals surface area contributed by atoms with E-state index in [1.165, 1.54) is 11.3 Å². The third-order valence-electron chi connectivity index (χ3n) is 2.33. The molecule has 3 aromatic heterocycles. The van der Waals surface area contributed by atoms with Crippen molar-refractivity contribution in [3.8, 4) is 28.5 Å². The van der Waals surface area contributed by atoms with Gasteiger partial charge in [-0.2, -0.15) is 10.2 Å². The fraction of sp³-hybridized carbons (Fsp3) is 0.0833. The Balaban J connectivity index is 1.95. The molecule has 0 N–H and O–H groups in total. The number of rotatable bonds is 2. The van der Waals surface area contributed by atoms with Gasteiger partial charge < -0.3 is 4.52 Å². The molecule has 0 aliphatic rings. The minimum atomic E-state index is 0.335. The summed E-state index contributed by atoms with van der Waals surface area (Å²) in [6, 6.07) is 5.55. The Labute approximate surface area is 112 Å². The standard InChI is InChI=1S/C12H7N5OS/c1-7-5-14-10(15-6-7)11-16-12(18-17-11)9-3-2-8(4-13)19-9/h2-3,5-6H,1H3. The maximum Gasteiger partial charge on any atom is 0.268 e. The second-order valence-electron chi connectivity index (χ2n) is 3.78. The molecule has 0 bridgehead atoms. The summed E-state index contributed by atoms with van der Waals surface area (Å²) in [7, 11) is 0. The van der Waals surface area contributed by atoms with Gasteiger partial charge in [-0.05, 0) is 24.6 Å². The van der Waals surface area contributed by atoms with Crippen LogP contribution in [0.2, 0.25) is 0 Å². The van der Waals surface area contributed by atoms with E-state index in [2.05, 4.69) is 26.2 Å². The molecule has 0 amide bonds. The van der Waals surface area contributed by atoms with Crippen LogP contribution in [0.5, 0.6) is 0 Å². The van der Waals surface area contributed by atoms with Crippen LogP contribution >= 0.6 is 11.3 Å². The average Bonchev–Trinajstić information content (AvgIpc) is 3.08. The van der Waals surface area contributed by atoms with Gasteiger partial charge in [-0.3, -0.25) is 0 Å². The van der Waals surface area contributed by atoms with Gasteiger partial charge in [0.05, 0.1) is 4.88 Å². The third-order valence-corrected chi connectivity index (χ3v) is 3.31. The van der Waals surface area contributed by atoms with Crippen molar-refractivity contribution in [2.45, 2.75) is 6.92 Å². The molecule has 0 atom stereocenters. The van der Waals surface area contributed by atoms with Crippen LogP contribution in [0, 0.1) is 18.3 Å². The molecule has 7 heteroatoms. The van der Waals surface area contributed by atoms with E-state index >= 15 is 0 Å². The Kier molecular flexibility index (Phi) is 2.78. The van der Waals surface area contributed by atoms with Crippen LogP contribution in [0.15, 0.2) is 29.0 Å². The highest BCUT2D eigenvalue weighted by Gasteiger charge is 2.14. The maximum atomic E-state index is 8.78. The van der Waals surface area contributed by atoms with Crippen molar-refractivity contribution < 1.29 is 4.52 Å². The van der Waals surface area contributed by atoms with Crippen molar-refractivity contribution in [1.82, 2.24) is 20.1 Å². The Morgan fingerprint density at radius 3 is 2.68 bits per heavy atom. The van der Waals surface area contributed by atoms with E-state index in [9.17, 15) is 0 Å². The number of thiophene rings is 1. The Morgan fingerprint density at radius 2 is 2.00 bits per heavy atom. The Bertz CT molecular complexity index is 753. The van der Waals surface area contributed by atoms with Crippen molar-refractivity contribution >= 4 is 11.3 Å². The second-order valence-corrected chi connectivity index (χ2v) is 4.87. The number of hydrogen-bond donors (Lipinski definition) is 0. The van der Waals surface area contributed by atoms with Gasteiger partial charge in [0.1, 0.15) is 10.9 Å². The molecule has 0 aromatic carbocycles. The molecule has 0 spiro atoms. The summed E-state index contributed by atoms with van der Waals surface area (Å²) in [6.45, 7) is 1.90. The molecule has 0 radical (unpaired) electrons. The highest BCUT2D eigenvalue weighted by molar-refractivity contribution is 7.15. The summed E-state index contributed by atoms with van der Waals surface area (Å²) < 4.78 is 5.15. The van der Waals surface area contributed by atoms with Crippen molar-refractivity contribution in [2.75, 3.05) is 0 Å². The minimum Gasteiger partial charge on any atom is -0.333 e. The zero-order valence-corrected chi connectivity index (χ0v) is 10.7. The SMILES string of the molecule is Cc1cnc(-c2noc(-c3ccc(C#N)s3)n2)nc1. The molecule has 92 valence electrons. The van der Waals surface area contributed by atoms with Gasteiger partial charge in [0.25, 0.3) is 5.89 Å². The van der Waals surface area contributed by atoms with Crippen LogP contribution in [0.4, 0.5) is 0 Å². The molecule has 3 heterocycles. The lowest BCUT2D eigenvalue weighted by molar-refractivity contribution is 0.433. The van der Waals surface area contributed by atoms with Gasteiger partial charge in [0.2, 0.25) is 11.6 Å². The number of hydrogen-bond acceptors (Lipinski definition) is 7. The summed E-state index contributed by atoms with van der Waals surface area (Å²) in [4.78, 5) is 13.8. The molecule has 0 saturated carbocycles. The minimum absolute atomic E-state index is 0.335. The number of nitrogens with zero attached hydrogens (tertiary/aromatic N) is 5. The van der Waals surface area contributed by atoms with Gasteiger partial charge >= 0.3 is 0 Å². The molecular weight excluding hydrogens is 262 g/mol. The summed E-state index contributed by atoms with van der Waals surface area (Å²) in [6.07, 6.45) is 3.38. The predicted octanol–water partition coefficient (Wildman–Crippen LogP) is 2.44. The fourth-order valence-electron chi connectivity index (χ4n) is 1.44. The first kappa shape index (κ1) is 11.5. The Morgan fingerprint density at radius 1 is 1.21 bits per heavy atom. The zero-order valence-electron chi connectivity index (χ0n) is 9.86. The van der Waals surface area contributed by atoms with Crippen LogP contribution in [0.1, 0.15) is 10.4 Å². The van der Waals surface area contributed by atoms with Crippen molar-refractivity contribution in [3.05, 3.63) is 35.0 Å². The molecule has 3 aromatic rings. The van der Waals surface area contributed by atoms with Crippen LogP contribution in [0.25, 0.3) is 22.4 Å². The summed E-state index contributed by atoms with van der Waals surface area (Å²) in [5, 5.41) is 12.6. The summed E-state index contributed by atoms with van der Waals surface area (Å²) in [5.74, 6) is 1.12. The van der Waals surface area contributed by atoms with Gasteiger partial charge in [-0.25, -0.2) is 9.97 Å².